The predicted octanol–water partition coefficient (Wildman–Crippen LogP) is 4.90. The molecule has 9 heteroatoms. The van der Waals surface area contributed by atoms with Gasteiger partial charge in [-0.05, 0) is 95.8 Å². The third-order valence-electron chi connectivity index (χ3n) is 10.7. The monoisotopic (exact) mass is 552 g/mol. The lowest BCUT2D eigenvalue weighted by atomic mass is 9.53. The van der Waals surface area contributed by atoms with Crippen LogP contribution >= 0.6 is 0 Å². The Hall–Kier alpha value is -2.52. The Balaban J connectivity index is 1.11. The second kappa shape index (κ2) is 8.74. The first-order chi connectivity index (χ1) is 18.9. The summed E-state index contributed by atoms with van der Waals surface area (Å²) in [7, 11) is 0. The number of halogens is 1. The maximum atomic E-state index is 14.4. The molecule has 1 spiro atoms. The molecule has 1 aromatic carbocycles. The highest BCUT2D eigenvalue weighted by Crippen LogP contribution is 2.58. The maximum Gasteiger partial charge on any atom is 0.263 e. The molecule has 0 atom stereocenters. The van der Waals surface area contributed by atoms with E-state index in [1.54, 1.807) is 0 Å². The number of aromatic nitrogens is 2. The van der Waals surface area contributed by atoms with Crippen molar-refractivity contribution in [3.8, 4) is 0 Å². The highest BCUT2D eigenvalue weighted by molar-refractivity contribution is 5.96. The van der Waals surface area contributed by atoms with Gasteiger partial charge in [-0.25, -0.2) is 4.39 Å². The minimum absolute atomic E-state index is 0.0235. The lowest BCUT2D eigenvalue weighted by Crippen LogP contribution is -2.66. The van der Waals surface area contributed by atoms with Gasteiger partial charge in [-0.15, -0.1) is 0 Å². The number of rotatable bonds is 7. The molecule has 216 valence electrons. The molecule has 3 heterocycles. The van der Waals surface area contributed by atoms with Crippen LogP contribution in [0.5, 0.6) is 0 Å². The van der Waals surface area contributed by atoms with Crippen molar-refractivity contribution in [2.75, 3.05) is 42.6 Å². The standard InChI is InChI=1S/C31H41FN4O4/c1-27(2,32)26-33-25(34-40-26)31-10-7-29(8-11-31,9-12-31)18-36(24(37)21-14-28(3,38)15-21)23-6-4-5-22(13-23)35-16-30(17-35)19-39-20-30/h4-6,13,21,38H,7-12,14-20H2,1-3H3. The molecular formula is C31H41FN4O4. The summed E-state index contributed by atoms with van der Waals surface area (Å²) in [6.07, 6.45) is 6.67. The van der Waals surface area contributed by atoms with Crippen LogP contribution in [0.15, 0.2) is 28.8 Å². The van der Waals surface area contributed by atoms with Crippen LogP contribution in [0.25, 0.3) is 0 Å². The molecule has 2 aliphatic heterocycles. The van der Waals surface area contributed by atoms with E-state index in [-0.39, 0.29) is 28.5 Å². The van der Waals surface area contributed by atoms with Gasteiger partial charge in [0.2, 0.25) is 5.91 Å². The Bertz CT molecular complexity index is 1270. The summed E-state index contributed by atoms with van der Waals surface area (Å²) in [5, 5.41) is 14.6. The van der Waals surface area contributed by atoms with E-state index >= 15 is 0 Å². The zero-order valence-corrected chi connectivity index (χ0v) is 23.9. The van der Waals surface area contributed by atoms with Crippen LogP contribution in [-0.2, 0) is 20.6 Å². The van der Waals surface area contributed by atoms with Gasteiger partial charge in [0.15, 0.2) is 11.5 Å². The number of fused-ring (bicyclic) bond motifs is 3. The van der Waals surface area contributed by atoms with E-state index in [9.17, 15) is 14.3 Å². The van der Waals surface area contributed by atoms with Gasteiger partial charge in [0.25, 0.3) is 5.89 Å². The van der Waals surface area contributed by atoms with Gasteiger partial charge in [-0.3, -0.25) is 4.79 Å². The Labute approximate surface area is 235 Å². The number of amides is 1. The number of ether oxygens (including phenoxy) is 1. The molecular weight excluding hydrogens is 511 g/mol. The highest BCUT2D eigenvalue weighted by Gasteiger charge is 2.54. The lowest BCUT2D eigenvalue weighted by molar-refractivity contribution is -0.137. The quantitative estimate of drug-likeness (QED) is 0.523. The molecule has 6 fully saturated rings. The van der Waals surface area contributed by atoms with Gasteiger partial charge in [0.05, 0.1) is 24.2 Å². The summed E-state index contributed by atoms with van der Waals surface area (Å²) >= 11 is 0. The van der Waals surface area contributed by atoms with Crippen molar-refractivity contribution in [1.29, 1.82) is 0 Å². The van der Waals surface area contributed by atoms with Gasteiger partial charge in [0, 0.05) is 42.3 Å². The summed E-state index contributed by atoms with van der Waals surface area (Å²) in [5.41, 5.74) is -0.136. The fourth-order valence-corrected chi connectivity index (χ4v) is 7.92. The number of aliphatic hydroxyl groups is 1. The molecule has 6 aliphatic rings. The van der Waals surface area contributed by atoms with E-state index in [0.29, 0.717) is 30.6 Å². The first-order valence-corrected chi connectivity index (χ1v) is 14.9. The first kappa shape index (κ1) is 26.4. The van der Waals surface area contributed by atoms with Gasteiger partial charge in [-0.1, -0.05) is 11.2 Å². The van der Waals surface area contributed by atoms with Gasteiger partial charge in [-0.2, -0.15) is 4.98 Å². The molecule has 0 unspecified atom stereocenters. The summed E-state index contributed by atoms with van der Waals surface area (Å²) in [4.78, 5) is 22.9. The van der Waals surface area contributed by atoms with Gasteiger partial charge >= 0.3 is 0 Å². The molecule has 4 saturated carbocycles. The molecule has 0 radical (unpaired) electrons. The summed E-state index contributed by atoms with van der Waals surface area (Å²) in [6.45, 7) is 9.07. The number of hydrogen-bond donors (Lipinski definition) is 1. The van der Waals surface area contributed by atoms with Crippen molar-refractivity contribution in [2.45, 2.75) is 88.8 Å². The second-order valence-electron chi connectivity index (χ2n) is 14.6. The average Bonchev–Trinajstić information content (AvgIpc) is 3.37. The number of benzene rings is 1. The first-order valence-electron chi connectivity index (χ1n) is 14.9. The average molecular weight is 553 g/mol. The molecule has 8 rings (SSSR count). The van der Waals surface area contributed by atoms with E-state index in [0.717, 1.165) is 76.2 Å². The minimum Gasteiger partial charge on any atom is -0.390 e. The molecule has 2 aromatic rings. The molecule has 1 aromatic heterocycles. The highest BCUT2D eigenvalue weighted by atomic mass is 19.1. The van der Waals surface area contributed by atoms with Crippen molar-refractivity contribution in [3.05, 3.63) is 36.0 Å². The van der Waals surface area contributed by atoms with Crippen molar-refractivity contribution in [2.24, 2.45) is 16.7 Å². The third kappa shape index (κ3) is 4.35. The van der Waals surface area contributed by atoms with Crippen molar-refractivity contribution in [3.63, 3.8) is 0 Å². The Morgan fingerprint density at radius 2 is 1.82 bits per heavy atom. The molecule has 2 saturated heterocycles. The summed E-state index contributed by atoms with van der Waals surface area (Å²) in [5.74, 6) is 0.664. The van der Waals surface area contributed by atoms with Gasteiger partial charge < -0.3 is 24.2 Å². The topological polar surface area (TPSA) is 91.9 Å². The number of alkyl halides is 1. The SMILES string of the molecule is CC1(O)CC(C(=O)N(CC23CCC(c4noc(C(C)(C)F)n4)(CC2)CC3)c2cccc(N3CC4(COC4)C3)c2)C1. The predicted molar refractivity (Wildman–Crippen MR) is 148 cm³/mol. The minimum atomic E-state index is -1.65. The number of carbonyl (C=O) groups excluding carboxylic acids is 1. The molecule has 4 aliphatic carbocycles. The van der Waals surface area contributed by atoms with E-state index in [1.807, 2.05) is 11.8 Å². The van der Waals surface area contributed by atoms with Crippen molar-refractivity contribution >= 4 is 17.3 Å². The number of anilines is 2. The Kier molecular flexibility index (Phi) is 5.77. The second-order valence-corrected chi connectivity index (χ2v) is 14.6. The van der Waals surface area contributed by atoms with Crippen LogP contribution in [0.4, 0.5) is 15.8 Å². The van der Waals surface area contributed by atoms with Crippen LogP contribution in [-0.4, -0.2) is 59.6 Å². The summed E-state index contributed by atoms with van der Waals surface area (Å²) in [6, 6.07) is 8.44. The van der Waals surface area contributed by atoms with Crippen LogP contribution in [0.1, 0.15) is 83.9 Å². The largest absolute Gasteiger partial charge is 0.390 e. The lowest BCUT2D eigenvalue weighted by Gasteiger charge is -2.56. The van der Waals surface area contributed by atoms with Crippen molar-refractivity contribution < 1.29 is 23.6 Å². The number of nitrogens with zero attached hydrogens (tertiary/aromatic N) is 4. The van der Waals surface area contributed by atoms with Crippen LogP contribution in [0, 0.1) is 16.7 Å². The number of hydrogen-bond acceptors (Lipinski definition) is 7. The fraction of sp³-hybridized carbons (Fsp3) is 0.710. The molecule has 8 nitrogen and oxygen atoms in total. The zero-order chi connectivity index (χ0) is 28.0. The maximum absolute atomic E-state index is 14.4. The summed E-state index contributed by atoms with van der Waals surface area (Å²) < 4.78 is 25.2. The van der Waals surface area contributed by atoms with Crippen LogP contribution in [0.2, 0.25) is 0 Å². The smallest absolute Gasteiger partial charge is 0.263 e. The van der Waals surface area contributed by atoms with E-state index in [4.69, 9.17) is 9.26 Å². The van der Waals surface area contributed by atoms with E-state index in [2.05, 4.69) is 39.3 Å². The van der Waals surface area contributed by atoms with E-state index in [1.165, 1.54) is 13.8 Å². The van der Waals surface area contributed by atoms with Gasteiger partial charge in [0.1, 0.15) is 0 Å². The van der Waals surface area contributed by atoms with Crippen LogP contribution in [0.3, 0.4) is 0 Å². The molecule has 2 bridgehead atoms. The Morgan fingerprint density at radius 3 is 2.38 bits per heavy atom. The fourth-order valence-electron chi connectivity index (χ4n) is 7.92. The van der Waals surface area contributed by atoms with E-state index < -0.39 is 11.3 Å². The molecule has 40 heavy (non-hydrogen) atoms. The molecule has 1 amide bonds. The number of carbonyl (C=O) groups is 1. The van der Waals surface area contributed by atoms with Crippen LogP contribution < -0.4 is 9.80 Å². The molecule has 1 N–H and O–H groups in total. The zero-order valence-electron chi connectivity index (χ0n) is 23.9. The normalized spacial score (nSPS) is 34.2. The third-order valence-corrected chi connectivity index (χ3v) is 10.7. The van der Waals surface area contributed by atoms with Crippen molar-refractivity contribution in [1.82, 2.24) is 10.1 Å². The Morgan fingerprint density at radius 1 is 1.15 bits per heavy atom.